The highest BCUT2D eigenvalue weighted by atomic mass is 14.2. The van der Waals surface area contributed by atoms with Gasteiger partial charge in [-0.3, -0.25) is 0 Å². The van der Waals surface area contributed by atoms with Gasteiger partial charge in [0.1, 0.15) is 0 Å². The van der Waals surface area contributed by atoms with Gasteiger partial charge in [0.05, 0.1) is 0 Å². The van der Waals surface area contributed by atoms with Crippen LogP contribution in [0, 0.1) is 13.8 Å². The molecule has 0 unspecified atom stereocenters. The monoisotopic (exact) mass is 334 g/mol. The highest BCUT2D eigenvalue weighted by molar-refractivity contribution is 5.84. The minimum Gasteiger partial charge on any atom is -0.0622 e. The molecule has 0 heteroatoms. The third-order valence-electron chi connectivity index (χ3n) is 4.96. The fourth-order valence-electron chi connectivity index (χ4n) is 3.46. The molecule has 0 nitrogen and oxygen atoms in total. The minimum absolute atomic E-state index is 1.25. The number of rotatable bonds is 3. The van der Waals surface area contributed by atoms with E-state index in [9.17, 15) is 0 Å². The average Bonchev–Trinajstić information content (AvgIpc) is 2.70. The van der Waals surface area contributed by atoms with Crippen LogP contribution < -0.4 is 0 Å². The van der Waals surface area contributed by atoms with Gasteiger partial charge in [0.15, 0.2) is 0 Å². The molecule has 0 fully saturated rings. The lowest BCUT2D eigenvalue weighted by Crippen LogP contribution is -1.91. The second kappa shape index (κ2) is 7.01. The summed E-state index contributed by atoms with van der Waals surface area (Å²) in [6, 6.07) is 34.7. The zero-order valence-electron chi connectivity index (χ0n) is 15.2. The van der Waals surface area contributed by atoms with Crippen molar-refractivity contribution in [2.45, 2.75) is 13.8 Å². The van der Waals surface area contributed by atoms with Crippen LogP contribution in [0.3, 0.4) is 0 Å². The Kier molecular flexibility index (Phi) is 4.41. The summed E-state index contributed by atoms with van der Waals surface area (Å²) < 4.78 is 0. The van der Waals surface area contributed by atoms with E-state index in [0.717, 1.165) is 0 Å². The lowest BCUT2D eigenvalue weighted by molar-refractivity contribution is 1.42. The summed E-state index contributed by atoms with van der Waals surface area (Å²) in [5, 5.41) is 0. The van der Waals surface area contributed by atoms with E-state index in [0.29, 0.717) is 0 Å². The number of benzene rings is 4. The Bertz CT molecular complexity index is 1010. The largest absolute Gasteiger partial charge is 0.0622 e. The Hall–Kier alpha value is -3.12. The molecule has 0 amide bonds. The van der Waals surface area contributed by atoms with Gasteiger partial charge in [-0.05, 0) is 64.9 Å². The molecule has 4 rings (SSSR count). The highest BCUT2D eigenvalue weighted by Gasteiger charge is 2.12. The van der Waals surface area contributed by atoms with Gasteiger partial charge in [-0.1, -0.05) is 90.5 Å². The van der Waals surface area contributed by atoms with Crippen LogP contribution >= 0.6 is 0 Å². The first kappa shape index (κ1) is 16.4. The predicted octanol–water partition coefficient (Wildman–Crippen LogP) is 7.30. The number of hydrogen-bond acceptors (Lipinski definition) is 0. The third kappa shape index (κ3) is 3.19. The second-order valence-electron chi connectivity index (χ2n) is 6.79. The molecule has 0 N–H and O–H groups in total. The van der Waals surface area contributed by atoms with Crippen molar-refractivity contribution in [1.82, 2.24) is 0 Å². The first-order valence-electron chi connectivity index (χ1n) is 9.05. The molecule has 0 heterocycles. The summed E-state index contributed by atoms with van der Waals surface area (Å²) in [4.78, 5) is 0. The topological polar surface area (TPSA) is 0 Å². The van der Waals surface area contributed by atoms with Crippen LogP contribution in [-0.2, 0) is 0 Å². The van der Waals surface area contributed by atoms with Crippen LogP contribution in [0.2, 0.25) is 0 Å². The smallest absolute Gasteiger partial charge is 0.0142 e. The maximum absolute atomic E-state index is 2.32. The maximum Gasteiger partial charge on any atom is -0.0142 e. The normalized spacial score (nSPS) is 10.7. The van der Waals surface area contributed by atoms with Gasteiger partial charge in [0, 0.05) is 0 Å². The van der Waals surface area contributed by atoms with E-state index >= 15 is 0 Å². The molecule has 0 aliphatic carbocycles. The van der Waals surface area contributed by atoms with Crippen molar-refractivity contribution < 1.29 is 0 Å². The van der Waals surface area contributed by atoms with E-state index < -0.39 is 0 Å². The highest BCUT2D eigenvalue weighted by Crippen LogP contribution is 2.36. The van der Waals surface area contributed by atoms with Crippen LogP contribution in [0.15, 0.2) is 97.1 Å². The molecule has 0 aliphatic heterocycles. The van der Waals surface area contributed by atoms with Gasteiger partial charge >= 0.3 is 0 Å². The SMILES string of the molecule is Cc1ccc(-c2cc(-c3ccccc3)cc(-c3ccccc3)c2C)cc1. The van der Waals surface area contributed by atoms with Gasteiger partial charge in [-0.15, -0.1) is 0 Å². The molecule has 0 radical (unpaired) electrons. The number of aryl methyl sites for hydroxylation is 1. The molecule has 4 aromatic rings. The van der Waals surface area contributed by atoms with E-state index in [4.69, 9.17) is 0 Å². The molecule has 26 heavy (non-hydrogen) atoms. The van der Waals surface area contributed by atoms with Crippen molar-refractivity contribution in [3.63, 3.8) is 0 Å². The second-order valence-corrected chi connectivity index (χ2v) is 6.79. The van der Waals surface area contributed by atoms with E-state index in [1.165, 1.54) is 44.5 Å². The summed E-state index contributed by atoms with van der Waals surface area (Å²) in [5.74, 6) is 0. The lowest BCUT2D eigenvalue weighted by atomic mass is 9.88. The fraction of sp³-hybridized carbons (Fsp3) is 0.0769. The summed E-state index contributed by atoms with van der Waals surface area (Å²) >= 11 is 0. The summed E-state index contributed by atoms with van der Waals surface area (Å²) in [6.07, 6.45) is 0. The van der Waals surface area contributed by atoms with Crippen LogP contribution in [0.25, 0.3) is 33.4 Å². The maximum atomic E-state index is 2.32. The van der Waals surface area contributed by atoms with Crippen molar-refractivity contribution >= 4 is 0 Å². The van der Waals surface area contributed by atoms with Gasteiger partial charge in [0.25, 0.3) is 0 Å². The van der Waals surface area contributed by atoms with Crippen LogP contribution in [0.1, 0.15) is 11.1 Å². The van der Waals surface area contributed by atoms with Crippen molar-refractivity contribution in [2.75, 3.05) is 0 Å². The molecule has 0 aromatic heterocycles. The molecule has 4 aromatic carbocycles. The van der Waals surface area contributed by atoms with E-state index in [2.05, 4.69) is 111 Å². The third-order valence-corrected chi connectivity index (χ3v) is 4.96. The quantitative estimate of drug-likeness (QED) is 0.368. The Labute approximate surface area is 155 Å². The molecule has 0 bridgehead atoms. The van der Waals surface area contributed by atoms with Gasteiger partial charge in [-0.2, -0.15) is 0 Å². The van der Waals surface area contributed by atoms with Crippen LogP contribution in [0.4, 0.5) is 0 Å². The van der Waals surface area contributed by atoms with E-state index in [1.54, 1.807) is 0 Å². The molecule has 0 aliphatic rings. The first-order chi connectivity index (χ1) is 12.7. The average molecular weight is 334 g/mol. The first-order valence-corrected chi connectivity index (χ1v) is 9.05. The summed E-state index contributed by atoms with van der Waals surface area (Å²) in [5.41, 5.74) is 10.2. The molecular formula is C26H22. The van der Waals surface area contributed by atoms with Crippen molar-refractivity contribution in [2.24, 2.45) is 0 Å². The van der Waals surface area contributed by atoms with Crippen molar-refractivity contribution in [3.05, 3.63) is 108 Å². The molecule has 0 atom stereocenters. The summed E-state index contributed by atoms with van der Waals surface area (Å²) in [7, 11) is 0. The Morgan fingerprint density at radius 2 is 0.885 bits per heavy atom. The molecule has 0 spiro atoms. The standard InChI is InChI=1S/C26H22/c1-19-13-15-23(16-14-19)26-18-24(21-9-5-3-6-10-21)17-25(20(26)2)22-11-7-4-8-12-22/h3-18H,1-2H3. The zero-order valence-corrected chi connectivity index (χ0v) is 15.2. The van der Waals surface area contributed by atoms with Crippen molar-refractivity contribution in [1.29, 1.82) is 0 Å². The van der Waals surface area contributed by atoms with Crippen LogP contribution in [-0.4, -0.2) is 0 Å². The summed E-state index contributed by atoms with van der Waals surface area (Å²) in [6.45, 7) is 4.36. The lowest BCUT2D eigenvalue weighted by Gasteiger charge is -2.16. The van der Waals surface area contributed by atoms with E-state index in [1.807, 2.05) is 0 Å². The molecule has 0 saturated carbocycles. The van der Waals surface area contributed by atoms with Gasteiger partial charge in [0.2, 0.25) is 0 Å². The Morgan fingerprint density at radius 3 is 1.42 bits per heavy atom. The predicted molar refractivity (Wildman–Crippen MR) is 112 cm³/mol. The molecule has 126 valence electrons. The molecular weight excluding hydrogens is 312 g/mol. The number of hydrogen-bond donors (Lipinski definition) is 0. The minimum atomic E-state index is 1.25. The van der Waals surface area contributed by atoms with Crippen LogP contribution in [0.5, 0.6) is 0 Å². The van der Waals surface area contributed by atoms with E-state index in [-0.39, 0.29) is 0 Å². The van der Waals surface area contributed by atoms with Gasteiger partial charge < -0.3 is 0 Å². The fourth-order valence-corrected chi connectivity index (χ4v) is 3.46. The molecule has 0 saturated heterocycles. The van der Waals surface area contributed by atoms with Gasteiger partial charge in [-0.25, -0.2) is 0 Å². The zero-order chi connectivity index (χ0) is 17.9. The Morgan fingerprint density at radius 1 is 0.423 bits per heavy atom. The Balaban J connectivity index is 1.97. The van der Waals surface area contributed by atoms with Crippen molar-refractivity contribution in [3.8, 4) is 33.4 Å².